The fourth-order valence-corrected chi connectivity index (χ4v) is 0.875. The van der Waals surface area contributed by atoms with Crippen molar-refractivity contribution < 1.29 is 9.18 Å². The minimum absolute atomic E-state index is 0.496. The summed E-state index contributed by atoms with van der Waals surface area (Å²) in [6.45, 7) is 1.23. The van der Waals surface area contributed by atoms with Crippen LogP contribution in [0.4, 0.5) is 4.39 Å². The molecule has 2 heteroatoms. The van der Waals surface area contributed by atoms with E-state index >= 15 is 0 Å². The molecule has 0 saturated carbocycles. The molecule has 1 nitrogen and oxygen atoms in total. The summed E-state index contributed by atoms with van der Waals surface area (Å²) in [5.74, 6) is -0.496. The summed E-state index contributed by atoms with van der Waals surface area (Å²) < 4.78 is 12.4. The molecule has 0 bridgehead atoms. The zero-order valence-corrected chi connectivity index (χ0v) is 7.41. The highest BCUT2D eigenvalue weighted by Crippen LogP contribution is 2.02. The number of halogens is 1. The van der Waals surface area contributed by atoms with Crippen LogP contribution in [0, 0.1) is 0 Å². The Bertz CT molecular complexity index is 301. The number of ketones is 1. The van der Waals surface area contributed by atoms with E-state index in [2.05, 4.69) is 0 Å². The maximum Gasteiger partial charge on any atom is 0.189 e. The summed E-state index contributed by atoms with van der Waals surface area (Å²) >= 11 is 0. The molecule has 68 valence electrons. The van der Waals surface area contributed by atoms with Gasteiger partial charge >= 0.3 is 0 Å². The Balaban J connectivity index is 2.64. The van der Waals surface area contributed by atoms with Crippen molar-refractivity contribution in [2.45, 2.75) is 13.1 Å². The van der Waals surface area contributed by atoms with Crippen LogP contribution in [0.25, 0.3) is 6.08 Å². The van der Waals surface area contributed by atoms with Crippen molar-refractivity contribution in [1.82, 2.24) is 0 Å². The van der Waals surface area contributed by atoms with E-state index in [9.17, 15) is 9.18 Å². The Hall–Kier alpha value is -1.44. The quantitative estimate of drug-likeness (QED) is 0.650. The van der Waals surface area contributed by atoms with Crippen LogP contribution in [0.3, 0.4) is 0 Å². The smallest absolute Gasteiger partial charge is 0.189 e. The van der Waals surface area contributed by atoms with Gasteiger partial charge in [0.25, 0.3) is 0 Å². The Kier molecular flexibility index (Phi) is 3.38. The highest BCUT2D eigenvalue weighted by molar-refractivity contribution is 5.96. The number of alkyl halides is 1. The van der Waals surface area contributed by atoms with E-state index < -0.39 is 12.0 Å². The zero-order valence-electron chi connectivity index (χ0n) is 7.41. The van der Waals surface area contributed by atoms with E-state index in [1.54, 1.807) is 6.08 Å². The minimum Gasteiger partial charge on any atom is -0.292 e. The van der Waals surface area contributed by atoms with E-state index in [4.69, 9.17) is 0 Å². The van der Waals surface area contributed by atoms with Crippen LogP contribution in [-0.2, 0) is 4.79 Å². The lowest BCUT2D eigenvalue weighted by atomic mass is 10.2. The first-order chi connectivity index (χ1) is 6.20. The molecule has 0 saturated heterocycles. The molecule has 0 aromatic heterocycles. The van der Waals surface area contributed by atoms with Crippen LogP contribution in [0.1, 0.15) is 12.5 Å². The summed E-state index contributed by atoms with van der Waals surface area (Å²) in [5.41, 5.74) is 0.900. The highest BCUT2D eigenvalue weighted by Gasteiger charge is 2.05. The molecule has 0 radical (unpaired) electrons. The molecule has 0 fully saturated rings. The second kappa shape index (κ2) is 4.55. The predicted octanol–water partition coefficient (Wildman–Crippen LogP) is 2.63. The second-order valence-electron chi connectivity index (χ2n) is 2.76. The first-order valence-electron chi connectivity index (χ1n) is 4.11. The summed E-state index contributed by atoms with van der Waals surface area (Å²) in [6, 6.07) is 9.32. The Morgan fingerprint density at radius 1 is 1.38 bits per heavy atom. The maximum absolute atomic E-state index is 12.4. The van der Waals surface area contributed by atoms with Gasteiger partial charge in [-0.3, -0.25) is 4.79 Å². The second-order valence-corrected chi connectivity index (χ2v) is 2.76. The molecule has 1 unspecified atom stereocenters. The van der Waals surface area contributed by atoms with Gasteiger partial charge in [0, 0.05) is 0 Å². The number of hydrogen-bond acceptors (Lipinski definition) is 1. The lowest BCUT2D eigenvalue weighted by molar-refractivity contribution is -0.118. The van der Waals surface area contributed by atoms with E-state index in [-0.39, 0.29) is 0 Å². The molecule has 13 heavy (non-hydrogen) atoms. The van der Waals surface area contributed by atoms with Gasteiger partial charge in [-0.05, 0) is 18.6 Å². The monoisotopic (exact) mass is 178 g/mol. The number of hydrogen-bond donors (Lipinski definition) is 0. The van der Waals surface area contributed by atoms with Crippen molar-refractivity contribution >= 4 is 11.9 Å². The first kappa shape index (κ1) is 9.65. The van der Waals surface area contributed by atoms with Crippen molar-refractivity contribution in [3.05, 3.63) is 42.0 Å². The molecule has 0 spiro atoms. The lowest BCUT2D eigenvalue weighted by Gasteiger charge is -1.93. The largest absolute Gasteiger partial charge is 0.292 e. The van der Waals surface area contributed by atoms with Crippen LogP contribution in [-0.4, -0.2) is 12.0 Å². The molecule has 0 aliphatic heterocycles. The van der Waals surface area contributed by atoms with Gasteiger partial charge in [0.2, 0.25) is 0 Å². The van der Waals surface area contributed by atoms with E-state index in [0.29, 0.717) is 0 Å². The number of allylic oxidation sites excluding steroid dienone is 1. The van der Waals surface area contributed by atoms with Crippen molar-refractivity contribution in [2.75, 3.05) is 0 Å². The van der Waals surface area contributed by atoms with Gasteiger partial charge in [0.15, 0.2) is 12.0 Å². The SMILES string of the molecule is CC(F)C(=O)/C=C/c1ccccc1. The molecule has 1 atom stereocenters. The third kappa shape index (κ3) is 3.20. The molecule has 0 amide bonds. The van der Waals surface area contributed by atoms with Gasteiger partial charge in [-0.15, -0.1) is 0 Å². The average Bonchev–Trinajstić information content (AvgIpc) is 2.15. The van der Waals surface area contributed by atoms with Gasteiger partial charge in [-0.2, -0.15) is 0 Å². The van der Waals surface area contributed by atoms with Gasteiger partial charge in [0.05, 0.1) is 0 Å². The molecule has 0 heterocycles. The molecule has 0 N–H and O–H groups in total. The molecule has 0 aliphatic carbocycles. The Labute approximate surface area is 76.9 Å². The van der Waals surface area contributed by atoms with Crippen molar-refractivity contribution in [2.24, 2.45) is 0 Å². The molecular weight excluding hydrogens is 167 g/mol. The van der Waals surface area contributed by atoms with E-state index in [1.807, 2.05) is 30.3 Å². The van der Waals surface area contributed by atoms with Crippen molar-refractivity contribution in [1.29, 1.82) is 0 Å². The fourth-order valence-electron chi connectivity index (χ4n) is 0.875. The molecular formula is C11H11FO. The normalized spacial score (nSPS) is 13.1. The molecule has 0 aliphatic rings. The summed E-state index contributed by atoms with van der Waals surface area (Å²) in [4.78, 5) is 10.9. The van der Waals surface area contributed by atoms with Crippen molar-refractivity contribution in [3.63, 3.8) is 0 Å². The third-order valence-electron chi connectivity index (χ3n) is 1.63. The van der Waals surface area contributed by atoms with Gasteiger partial charge in [-0.1, -0.05) is 36.4 Å². The van der Waals surface area contributed by atoms with Crippen LogP contribution < -0.4 is 0 Å². The third-order valence-corrected chi connectivity index (χ3v) is 1.63. The number of rotatable bonds is 3. The summed E-state index contributed by atoms with van der Waals surface area (Å²) in [6.07, 6.45) is 1.46. The van der Waals surface area contributed by atoms with E-state index in [0.717, 1.165) is 5.56 Å². The maximum atomic E-state index is 12.4. The summed E-state index contributed by atoms with van der Waals surface area (Å²) in [5, 5.41) is 0. The average molecular weight is 178 g/mol. The first-order valence-corrected chi connectivity index (χ1v) is 4.11. The van der Waals surface area contributed by atoms with Crippen LogP contribution in [0.5, 0.6) is 0 Å². The number of carbonyl (C=O) groups excluding carboxylic acids is 1. The standard InChI is InChI=1S/C11H11FO/c1-9(12)11(13)8-7-10-5-3-2-4-6-10/h2-9H,1H3/b8-7+. The molecule has 1 rings (SSSR count). The predicted molar refractivity (Wildman–Crippen MR) is 51.1 cm³/mol. The lowest BCUT2D eigenvalue weighted by Crippen LogP contribution is -2.06. The van der Waals surface area contributed by atoms with Crippen LogP contribution in [0.15, 0.2) is 36.4 Å². The van der Waals surface area contributed by atoms with Crippen LogP contribution >= 0.6 is 0 Å². The minimum atomic E-state index is -1.42. The Morgan fingerprint density at radius 3 is 2.54 bits per heavy atom. The number of benzene rings is 1. The Morgan fingerprint density at radius 2 is 2.00 bits per heavy atom. The van der Waals surface area contributed by atoms with Gasteiger partial charge < -0.3 is 0 Å². The topological polar surface area (TPSA) is 17.1 Å². The van der Waals surface area contributed by atoms with Crippen molar-refractivity contribution in [3.8, 4) is 0 Å². The van der Waals surface area contributed by atoms with Gasteiger partial charge in [-0.25, -0.2) is 4.39 Å². The highest BCUT2D eigenvalue weighted by atomic mass is 19.1. The molecule has 1 aromatic carbocycles. The molecule has 1 aromatic rings. The zero-order chi connectivity index (χ0) is 9.68. The van der Waals surface area contributed by atoms with Gasteiger partial charge in [0.1, 0.15) is 0 Å². The van der Waals surface area contributed by atoms with Crippen LogP contribution in [0.2, 0.25) is 0 Å². The van der Waals surface area contributed by atoms with E-state index in [1.165, 1.54) is 13.0 Å². The fraction of sp³-hybridized carbons (Fsp3) is 0.182. The summed E-state index contributed by atoms with van der Waals surface area (Å²) in [7, 11) is 0. The number of carbonyl (C=O) groups is 1.